The number of aliphatic imine (C=N–C) groups is 1. The highest BCUT2D eigenvalue weighted by atomic mass is 127. The van der Waals surface area contributed by atoms with Gasteiger partial charge in [0.1, 0.15) is 0 Å². The molecule has 0 spiro atoms. The molecule has 1 heterocycles. The first kappa shape index (κ1) is 24.2. The van der Waals surface area contributed by atoms with Crippen LogP contribution in [0.25, 0.3) is 0 Å². The van der Waals surface area contributed by atoms with Gasteiger partial charge in [-0.2, -0.15) is 0 Å². The van der Waals surface area contributed by atoms with E-state index in [1.807, 2.05) is 23.1 Å². The number of nitrogens with zero attached hydrogens (tertiary/aromatic N) is 2. The fraction of sp³-hybridized carbons (Fsp3) is 0.417. The number of guanidine groups is 1. The van der Waals surface area contributed by atoms with Gasteiger partial charge in [0.15, 0.2) is 5.96 Å². The first-order valence-electron chi connectivity index (χ1n) is 10.6. The van der Waals surface area contributed by atoms with E-state index in [0.29, 0.717) is 12.3 Å². The van der Waals surface area contributed by atoms with Gasteiger partial charge in [0, 0.05) is 45.1 Å². The Labute approximate surface area is 197 Å². The van der Waals surface area contributed by atoms with Crippen LogP contribution in [0.3, 0.4) is 0 Å². The Morgan fingerprint density at radius 1 is 1.03 bits per heavy atom. The van der Waals surface area contributed by atoms with Crippen LogP contribution in [0.1, 0.15) is 49.3 Å². The van der Waals surface area contributed by atoms with Crippen molar-refractivity contribution < 1.29 is 4.79 Å². The first-order chi connectivity index (χ1) is 14.2. The molecular formula is C24H33IN4O. The van der Waals surface area contributed by atoms with Gasteiger partial charge in [-0.1, -0.05) is 61.5 Å². The lowest BCUT2D eigenvalue weighted by molar-refractivity contribution is -0.131. The lowest BCUT2D eigenvalue weighted by atomic mass is 10.0. The van der Waals surface area contributed by atoms with E-state index in [2.05, 4.69) is 60.9 Å². The number of carbonyl (C=O) groups excluding carboxylic acids is 1. The predicted molar refractivity (Wildman–Crippen MR) is 134 cm³/mol. The van der Waals surface area contributed by atoms with Gasteiger partial charge in [-0.25, -0.2) is 0 Å². The molecule has 30 heavy (non-hydrogen) atoms. The Hall–Kier alpha value is -2.09. The normalized spacial score (nSPS) is 13.9. The summed E-state index contributed by atoms with van der Waals surface area (Å²) in [5.74, 6) is 1.41. The topological polar surface area (TPSA) is 56.7 Å². The summed E-state index contributed by atoms with van der Waals surface area (Å²) in [4.78, 5) is 19.2. The van der Waals surface area contributed by atoms with Crippen molar-refractivity contribution in [3.8, 4) is 0 Å². The average Bonchev–Trinajstić information content (AvgIpc) is 3.19. The highest BCUT2D eigenvalue weighted by Crippen LogP contribution is 2.22. The minimum absolute atomic E-state index is 0. The van der Waals surface area contributed by atoms with Gasteiger partial charge in [-0.15, -0.1) is 24.0 Å². The van der Waals surface area contributed by atoms with Crippen LogP contribution >= 0.6 is 24.0 Å². The fourth-order valence-electron chi connectivity index (χ4n) is 3.57. The van der Waals surface area contributed by atoms with Crippen molar-refractivity contribution in [3.05, 3.63) is 71.3 Å². The van der Waals surface area contributed by atoms with Crippen molar-refractivity contribution in [1.82, 2.24) is 15.5 Å². The van der Waals surface area contributed by atoms with Crippen LogP contribution in [0.5, 0.6) is 0 Å². The molecule has 1 aliphatic rings. The summed E-state index contributed by atoms with van der Waals surface area (Å²) < 4.78 is 0. The minimum Gasteiger partial charge on any atom is -0.357 e. The molecule has 0 saturated carbocycles. The Morgan fingerprint density at radius 3 is 2.30 bits per heavy atom. The average molecular weight is 520 g/mol. The number of fused-ring (bicyclic) bond motifs is 1. The lowest BCUT2D eigenvalue weighted by Gasteiger charge is -2.16. The Morgan fingerprint density at radius 2 is 1.67 bits per heavy atom. The van der Waals surface area contributed by atoms with Crippen LogP contribution in [0, 0.1) is 0 Å². The number of halogens is 1. The highest BCUT2D eigenvalue weighted by molar-refractivity contribution is 14.0. The Kier molecular flexibility index (Phi) is 10.1. The summed E-state index contributed by atoms with van der Waals surface area (Å²) in [7, 11) is 0. The molecule has 162 valence electrons. The molecule has 2 aromatic rings. The maximum atomic E-state index is 12.5. The van der Waals surface area contributed by atoms with Crippen molar-refractivity contribution in [3.63, 3.8) is 0 Å². The van der Waals surface area contributed by atoms with Gasteiger partial charge in [0.25, 0.3) is 0 Å². The number of carbonyl (C=O) groups is 1. The molecule has 0 aliphatic carbocycles. The predicted octanol–water partition coefficient (Wildman–Crippen LogP) is 4.29. The van der Waals surface area contributed by atoms with Gasteiger partial charge >= 0.3 is 0 Å². The largest absolute Gasteiger partial charge is 0.357 e. The number of rotatable bonds is 8. The summed E-state index contributed by atoms with van der Waals surface area (Å²) in [6.07, 6.45) is 1.35. The minimum atomic E-state index is 0. The van der Waals surface area contributed by atoms with Crippen molar-refractivity contribution in [1.29, 1.82) is 0 Å². The van der Waals surface area contributed by atoms with E-state index in [-0.39, 0.29) is 29.9 Å². The molecular weight excluding hydrogens is 487 g/mol. The van der Waals surface area contributed by atoms with Gasteiger partial charge < -0.3 is 15.5 Å². The molecule has 1 atom stereocenters. The summed E-state index contributed by atoms with van der Waals surface area (Å²) in [6, 6.07) is 18.7. The molecule has 2 aromatic carbocycles. The molecule has 0 saturated heterocycles. The van der Waals surface area contributed by atoms with E-state index in [1.54, 1.807) is 0 Å². The van der Waals surface area contributed by atoms with Crippen molar-refractivity contribution in [2.24, 2.45) is 4.99 Å². The van der Waals surface area contributed by atoms with Crippen LogP contribution in [-0.2, 0) is 17.9 Å². The zero-order valence-electron chi connectivity index (χ0n) is 17.9. The van der Waals surface area contributed by atoms with Gasteiger partial charge in [0.05, 0.1) is 0 Å². The number of hydrogen-bond acceptors (Lipinski definition) is 2. The summed E-state index contributed by atoms with van der Waals surface area (Å²) >= 11 is 0. The molecule has 2 N–H and O–H groups in total. The fourth-order valence-corrected chi connectivity index (χ4v) is 3.57. The molecule has 1 amide bonds. The smallest absolute Gasteiger partial charge is 0.223 e. The lowest BCUT2D eigenvalue weighted by Crippen LogP contribution is -2.38. The Bertz CT molecular complexity index is 800. The van der Waals surface area contributed by atoms with E-state index in [1.165, 1.54) is 16.7 Å². The third kappa shape index (κ3) is 7.00. The molecule has 5 nitrogen and oxygen atoms in total. The number of amides is 1. The zero-order chi connectivity index (χ0) is 20.5. The standard InChI is InChI=1S/C24H32N4O.HI/c1-3-25-24(27-16-19(2)20-10-5-4-6-11-20)26-15-9-14-23(29)28-17-21-12-7-8-13-22(21)18-28;/h4-8,10-13,19H,3,9,14-18H2,1-2H3,(H2,25,26,27);1H. The molecule has 0 fully saturated rings. The second kappa shape index (κ2) is 12.6. The molecule has 0 radical (unpaired) electrons. The molecule has 3 rings (SSSR count). The van der Waals surface area contributed by atoms with Crippen LogP contribution in [0.15, 0.2) is 59.6 Å². The maximum absolute atomic E-state index is 12.5. The van der Waals surface area contributed by atoms with Crippen LogP contribution in [0.2, 0.25) is 0 Å². The second-order valence-electron chi connectivity index (χ2n) is 7.58. The van der Waals surface area contributed by atoms with Gasteiger partial charge in [-0.3, -0.25) is 9.79 Å². The quantitative estimate of drug-likeness (QED) is 0.237. The van der Waals surface area contributed by atoms with E-state index in [0.717, 1.165) is 45.1 Å². The van der Waals surface area contributed by atoms with E-state index >= 15 is 0 Å². The SMILES string of the molecule is CCNC(=NCC(C)c1ccccc1)NCCCC(=O)N1Cc2ccccc2C1.I. The van der Waals surface area contributed by atoms with Crippen molar-refractivity contribution >= 4 is 35.8 Å². The summed E-state index contributed by atoms with van der Waals surface area (Å²) in [5.41, 5.74) is 3.84. The number of nitrogens with one attached hydrogen (secondary N) is 2. The Balaban J connectivity index is 0.00000320. The zero-order valence-corrected chi connectivity index (χ0v) is 20.3. The third-order valence-electron chi connectivity index (χ3n) is 5.29. The molecule has 6 heteroatoms. The van der Waals surface area contributed by atoms with Gasteiger partial charge in [-0.05, 0) is 30.0 Å². The summed E-state index contributed by atoms with van der Waals surface area (Å²) in [5, 5.41) is 6.65. The van der Waals surface area contributed by atoms with Crippen molar-refractivity contribution in [2.45, 2.75) is 45.7 Å². The third-order valence-corrected chi connectivity index (χ3v) is 5.29. The molecule has 1 aliphatic heterocycles. The van der Waals surface area contributed by atoms with E-state index in [9.17, 15) is 4.79 Å². The molecule has 1 unspecified atom stereocenters. The van der Waals surface area contributed by atoms with Gasteiger partial charge in [0.2, 0.25) is 5.91 Å². The van der Waals surface area contributed by atoms with E-state index in [4.69, 9.17) is 4.99 Å². The second-order valence-corrected chi connectivity index (χ2v) is 7.58. The van der Waals surface area contributed by atoms with Crippen molar-refractivity contribution in [2.75, 3.05) is 19.6 Å². The summed E-state index contributed by atoms with van der Waals surface area (Å²) in [6.45, 7) is 8.01. The van der Waals surface area contributed by atoms with Crippen LogP contribution in [-0.4, -0.2) is 36.4 Å². The number of hydrogen-bond donors (Lipinski definition) is 2. The van der Waals surface area contributed by atoms with E-state index < -0.39 is 0 Å². The molecule has 0 aromatic heterocycles. The molecule has 0 bridgehead atoms. The van der Waals surface area contributed by atoms with Crippen LogP contribution < -0.4 is 10.6 Å². The maximum Gasteiger partial charge on any atom is 0.223 e. The monoisotopic (exact) mass is 520 g/mol. The van der Waals surface area contributed by atoms with Crippen LogP contribution in [0.4, 0.5) is 0 Å². The number of benzene rings is 2. The first-order valence-corrected chi connectivity index (χ1v) is 10.6. The highest BCUT2D eigenvalue weighted by Gasteiger charge is 2.22.